The number of anilines is 1. The highest BCUT2D eigenvalue weighted by molar-refractivity contribution is 5.57. The van der Waals surface area contributed by atoms with Gasteiger partial charge in [-0.25, -0.2) is 4.39 Å². The summed E-state index contributed by atoms with van der Waals surface area (Å²) in [5, 5.41) is 6.89. The zero-order valence-electron chi connectivity index (χ0n) is 14.8. The second-order valence-corrected chi connectivity index (χ2v) is 6.27. The van der Waals surface area contributed by atoms with E-state index in [4.69, 9.17) is 9.90 Å². The zero-order chi connectivity index (χ0) is 17.6. The van der Waals surface area contributed by atoms with Crippen LogP contribution in [0.3, 0.4) is 0 Å². The van der Waals surface area contributed by atoms with Gasteiger partial charge >= 0.3 is 0 Å². The van der Waals surface area contributed by atoms with E-state index in [9.17, 15) is 4.39 Å². The molecule has 1 aromatic rings. The van der Waals surface area contributed by atoms with Crippen molar-refractivity contribution in [1.29, 1.82) is 0 Å². The van der Waals surface area contributed by atoms with Gasteiger partial charge in [-0.3, -0.25) is 4.79 Å². The fourth-order valence-corrected chi connectivity index (χ4v) is 3.27. The molecule has 0 amide bonds. The largest absolute Gasteiger partial charge is 0.483 e. The monoisotopic (exact) mass is 324 g/mol. The van der Waals surface area contributed by atoms with E-state index in [2.05, 4.69) is 37.6 Å². The van der Waals surface area contributed by atoms with Crippen LogP contribution < -0.4 is 4.90 Å². The highest BCUT2D eigenvalue weighted by Crippen LogP contribution is 2.30. The second-order valence-electron chi connectivity index (χ2n) is 6.27. The standard InChI is InChI=1S/C17H27FN2.CH2O2/c1-6-20(16-7-8-19(5)13(3)10-16)17-11-15(18)9-12(2)14(17)4;2-1-3/h9,11,13,16H,6-8,10H2,1-5H3;1H,(H,2,3). The van der Waals surface area contributed by atoms with E-state index in [0.717, 1.165) is 37.2 Å². The van der Waals surface area contributed by atoms with Gasteiger partial charge < -0.3 is 14.9 Å². The molecule has 1 heterocycles. The molecule has 1 fully saturated rings. The summed E-state index contributed by atoms with van der Waals surface area (Å²) < 4.78 is 13.8. The van der Waals surface area contributed by atoms with Crippen molar-refractivity contribution in [2.75, 3.05) is 25.0 Å². The van der Waals surface area contributed by atoms with E-state index in [0.29, 0.717) is 12.1 Å². The maximum Gasteiger partial charge on any atom is 0.290 e. The van der Waals surface area contributed by atoms with Crippen molar-refractivity contribution in [1.82, 2.24) is 4.90 Å². The molecule has 4 nitrogen and oxygen atoms in total. The number of rotatable bonds is 3. The number of carboxylic acid groups (broad SMARTS) is 1. The molecule has 0 aliphatic carbocycles. The van der Waals surface area contributed by atoms with E-state index < -0.39 is 0 Å². The lowest BCUT2D eigenvalue weighted by Crippen LogP contribution is -2.48. The molecule has 2 rings (SSSR count). The summed E-state index contributed by atoms with van der Waals surface area (Å²) in [7, 11) is 2.19. The van der Waals surface area contributed by atoms with Gasteiger partial charge in [0.25, 0.3) is 6.47 Å². The van der Waals surface area contributed by atoms with Crippen molar-refractivity contribution in [2.24, 2.45) is 0 Å². The molecule has 5 heteroatoms. The molecular formula is C18H29FN2O2. The van der Waals surface area contributed by atoms with E-state index in [1.165, 1.54) is 5.56 Å². The highest BCUT2D eigenvalue weighted by atomic mass is 19.1. The van der Waals surface area contributed by atoms with Crippen LogP contribution in [0.1, 0.15) is 37.8 Å². The van der Waals surface area contributed by atoms with Gasteiger partial charge in [-0.1, -0.05) is 0 Å². The van der Waals surface area contributed by atoms with Crippen LogP contribution in [0.2, 0.25) is 0 Å². The van der Waals surface area contributed by atoms with Gasteiger partial charge in [0, 0.05) is 30.9 Å². The van der Waals surface area contributed by atoms with Crippen LogP contribution in [0.5, 0.6) is 0 Å². The Balaban J connectivity index is 0.000000816. The molecule has 1 aliphatic heterocycles. The summed E-state index contributed by atoms with van der Waals surface area (Å²) in [6, 6.07) is 4.45. The van der Waals surface area contributed by atoms with Crippen molar-refractivity contribution in [3.8, 4) is 0 Å². The maximum atomic E-state index is 13.8. The number of aryl methyl sites for hydroxylation is 1. The summed E-state index contributed by atoms with van der Waals surface area (Å²) in [4.78, 5) is 13.2. The summed E-state index contributed by atoms with van der Waals surface area (Å²) in [6.45, 7) is 10.4. The highest BCUT2D eigenvalue weighted by Gasteiger charge is 2.28. The van der Waals surface area contributed by atoms with Crippen molar-refractivity contribution in [2.45, 2.75) is 52.6 Å². The van der Waals surface area contributed by atoms with Gasteiger partial charge in [-0.05, 0) is 70.8 Å². The Labute approximate surface area is 138 Å². The molecule has 0 spiro atoms. The number of nitrogens with zero attached hydrogens (tertiary/aromatic N) is 2. The van der Waals surface area contributed by atoms with Crippen LogP contribution in [0.4, 0.5) is 10.1 Å². The first-order valence-electron chi connectivity index (χ1n) is 8.17. The number of piperidine rings is 1. The lowest BCUT2D eigenvalue weighted by Gasteiger charge is -2.42. The number of hydrogen-bond acceptors (Lipinski definition) is 3. The predicted molar refractivity (Wildman–Crippen MR) is 92.7 cm³/mol. The minimum absolute atomic E-state index is 0.123. The molecule has 23 heavy (non-hydrogen) atoms. The lowest BCUT2D eigenvalue weighted by atomic mass is 9.95. The van der Waals surface area contributed by atoms with Gasteiger partial charge in [-0.15, -0.1) is 0 Å². The van der Waals surface area contributed by atoms with Crippen LogP contribution in [0, 0.1) is 19.7 Å². The van der Waals surface area contributed by atoms with Crippen molar-refractivity contribution in [3.05, 3.63) is 29.1 Å². The van der Waals surface area contributed by atoms with Crippen molar-refractivity contribution in [3.63, 3.8) is 0 Å². The van der Waals surface area contributed by atoms with Crippen LogP contribution in [0.15, 0.2) is 12.1 Å². The fraction of sp³-hybridized carbons (Fsp3) is 0.611. The average Bonchev–Trinajstić information content (AvgIpc) is 2.49. The predicted octanol–water partition coefficient (Wildman–Crippen LogP) is 3.45. The Morgan fingerprint density at radius 2 is 2.04 bits per heavy atom. The third-order valence-corrected chi connectivity index (χ3v) is 4.88. The molecule has 1 aromatic carbocycles. The smallest absolute Gasteiger partial charge is 0.290 e. The number of likely N-dealkylation sites (tertiary alicyclic amines) is 1. The fourth-order valence-electron chi connectivity index (χ4n) is 3.27. The molecule has 0 aromatic heterocycles. The number of hydrogen-bond donors (Lipinski definition) is 1. The normalized spacial score (nSPS) is 21.3. The van der Waals surface area contributed by atoms with Gasteiger partial charge in [0.05, 0.1) is 0 Å². The zero-order valence-corrected chi connectivity index (χ0v) is 14.8. The lowest BCUT2D eigenvalue weighted by molar-refractivity contribution is -0.122. The molecule has 130 valence electrons. The van der Waals surface area contributed by atoms with Crippen molar-refractivity contribution >= 4 is 12.2 Å². The molecule has 0 saturated carbocycles. The molecule has 1 saturated heterocycles. The van der Waals surface area contributed by atoms with E-state index in [1.807, 2.05) is 6.92 Å². The van der Waals surface area contributed by atoms with E-state index in [-0.39, 0.29) is 12.3 Å². The molecule has 0 bridgehead atoms. The van der Waals surface area contributed by atoms with Gasteiger partial charge in [0.15, 0.2) is 0 Å². The first-order valence-corrected chi connectivity index (χ1v) is 8.17. The van der Waals surface area contributed by atoms with Crippen LogP contribution in [-0.2, 0) is 4.79 Å². The van der Waals surface area contributed by atoms with Gasteiger partial charge in [0.2, 0.25) is 0 Å². The number of halogens is 1. The number of benzene rings is 1. The molecule has 2 atom stereocenters. The summed E-state index contributed by atoms with van der Waals surface area (Å²) in [5.41, 5.74) is 3.33. The minimum Gasteiger partial charge on any atom is -0.483 e. The van der Waals surface area contributed by atoms with E-state index in [1.54, 1.807) is 12.1 Å². The van der Waals surface area contributed by atoms with Crippen LogP contribution in [-0.4, -0.2) is 48.7 Å². The molecule has 1 N–H and O–H groups in total. The molecule has 0 radical (unpaired) electrons. The molecule has 1 aliphatic rings. The number of carbonyl (C=O) groups is 1. The Hall–Kier alpha value is -1.62. The average molecular weight is 324 g/mol. The van der Waals surface area contributed by atoms with Crippen LogP contribution >= 0.6 is 0 Å². The minimum atomic E-state index is -0.250. The van der Waals surface area contributed by atoms with E-state index >= 15 is 0 Å². The van der Waals surface area contributed by atoms with Crippen LogP contribution in [0.25, 0.3) is 0 Å². The third kappa shape index (κ3) is 4.93. The first kappa shape index (κ1) is 19.4. The second kappa shape index (κ2) is 8.87. The Bertz CT molecular complexity index is 522. The van der Waals surface area contributed by atoms with Crippen molar-refractivity contribution < 1.29 is 14.3 Å². The summed E-state index contributed by atoms with van der Waals surface area (Å²) >= 11 is 0. The molecular weight excluding hydrogens is 295 g/mol. The first-order chi connectivity index (χ1) is 10.8. The summed E-state index contributed by atoms with van der Waals surface area (Å²) in [6.07, 6.45) is 2.31. The van der Waals surface area contributed by atoms with Gasteiger partial charge in [-0.2, -0.15) is 0 Å². The third-order valence-electron chi connectivity index (χ3n) is 4.88. The Kier molecular flexibility index (Phi) is 7.49. The Morgan fingerprint density at radius 1 is 1.43 bits per heavy atom. The molecule has 2 unspecified atom stereocenters. The quantitative estimate of drug-likeness (QED) is 0.865. The maximum absolute atomic E-state index is 13.8. The SMILES string of the molecule is CCN(c1cc(F)cc(C)c1C)C1CCN(C)C(C)C1.O=CO. The van der Waals surface area contributed by atoms with Gasteiger partial charge in [0.1, 0.15) is 5.82 Å². The summed E-state index contributed by atoms with van der Waals surface area (Å²) in [5.74, 6) is -0.123. The Morgan fingerprint density at radius 3 is 2.57 bits per heavy atom. The topological polar surface area (TPSA) is 43.8 Å².